The first-order valence-corrected chi connectivity index (χ1v) is 10.5. The number of carbonyl (C=O) groups excluding carboxylic acids is 3. The van der Waals surface area contributed by atoms with Gasteiger partial charge in [-0.25, -0.2) is 0 Å². The molecular formula is C25H28N2O5. The predicted molar refractivity (Wildman–Crippen MR) is 121 cm³/mol. The topological polar surface area (TPSA) is 84.9 Å². The molecule has 0 spiro atoms. The molecule has 1 aliphatic heterocycles. The van der Waals surface area contributed by atoms with Crippen LogP contribution in [-0.2, 0) is 14.3 Å². The summed E-state index contributed by atoms with van der Waals surface area (Å²) in [6.07, 6.45) is 2.71. The third-order valence-electron chi connectivity index (χ3n) is 5.54. The number of rotatable bonds is 6. The molecule has 2 amide bonds. The highest BCUT2D eigenvalue weighted by atomic mass is 16.5. The van der Waals surface area contributed by atoms with Crippen molar-refractivity contribution in [1.29, 1.82) is 0 Å². The van der Waals surface area contributed by atoms with E-state index < -0.39 is 0 Å². The number of nitrogens with one attached hydrogen (secondary N) is 1. The van der Waals surface area contributed by atoms with Crippen LogP contribution in [0.2, 0.25) is 0 Å². The van der Waals surface area contributed by atoms with E-state index in [-0.39, 0.29) is 29.4 Å². The second-order valence-electron chi connectivity index (χ2n) is 7.74. The summed E-state index contributed by atoms with van der Waals surface area (Å²) >= 11 is 0. The standard InChI is InChI=1S/C25H28N2O5/c1-17-4-8-19(9-5-17)23(28)26-22(16-18-6-10-21(31-2)11-7-18)24(29)27-14-12-20(13-15-27)25(30)32-3/h4-11,16,20H,12-15H2,1-3H3,(H,26,28). The summed E-state index contributed by atoms with van der Waals surface area (Å²) in [5.41, 5.74) is 2.44. The van der Waals surface area contributed by atoms with Crippen molar-refractivity contribution in [2.24, 2.45) is 5.92 Å². The van der Waals surface area contributed by atoms with Crippen molar-refractivity contribution in [2.45, 2.75) is 19.8 Å². The van der Waals surface area contributed by atoms with E-state index in [0.29, 0.717) is 37.2 Å². The van der Waals surface area contributed by atoms with Crippen molar-refractivity contribution in [1.82, 2.24) is 10.2 Å². The zero-order chi connectivity index (χ0) is 23.1. The van der Waals surface area contributed by atoms with Gasteiger partial charge in [-0.15, -0.1) is 0 Å². The lowest BCUT2D eigenvalue weighted by Crippen LogP contribution is -2.44. The molecule has 32 heavy (non-hydrogen) atoms. The number of hydrogen-bond acceptors (Lipinski definition) is 5. The lowest BCUT2D eigenvalue weighted by atomic mass is 9.96. The molecule has 1 fully saturated rings. The number of likely N-dealkylation sites (tertiary alicyclic amines) is 1. The van der Waals surface area contributed by atoms with Gasteiger partial charge in [0.15, 0.2) is 0 Å². The number of methoxy groups -OCH3 is 2. The number of aryl methyl sites for hydroxylation is 1. The molecule has 0 bridgehead atoms. The van der Waals surface area contributed by atoms with E-state index in [4.69, 9.17) is 9.47 Å². The summed E-state index contributed by atoms with van der Waals surface area (Å²) in [6.45, 7) is 2.77. The third kappa shape index (κ3) is 5.75. The van der Waals surface area contributed by atoms with Gasteiger partial charge in [0.05, 0.1) is 20.1 Å². The molecule has 2 aromatic rings. The van der Waals surface area contributed by atoms with Crippen LogP contribution >= 0.6 is 0 Å². The maximum absolute atomic E-state index is 13.3. The van der Waals surface area contributed by atoms with Crippen LogP contribution in [-0.4, -0.2) is 50.0 Å². The smallest absolute Gasteiger partial charge is 0.308 e. The van der Waals surface area contributed by atoms with Crippen molar-refractivity contribution >= 4 is 23.9 Å². The van der Waals surface area contributed by atoms with Crippen LogP contribution in [0, 0.1) is 12.8 Å². The van der Waals surface area contributed by atoms with Crippen LogP contribution < -0.4 is 10.1 Å². The fourth-order valence-electron chi connectivity index (χ4n) is 3.57. The molecule has 2 aromatic carbocycles. The zero-order valence-corrected chi connectivity index (χ0v) is 18.6. The van der Waals surface area contributed by atoms with Gasteiger partial charge in [0.2, 0.25) is 0 Å². The minimum Gasteiger partial charge on any atom is -0.497 e. The minimum absolute atomic E-state index is 0.178. The second kappa shape index (κ2) is 10.6. The van der Waals surface area contributed by atoms with Gasteiger partial charge in [0.25, 0.3) is 11.8 Å². The number of carbonyl (C=O) groups is 3. The summed E-state index contributed by atoms with van der Waals surface area (Å²) < 4.78 is 10.0. The highest BCUT2D eigenvalue weighted by Gasteiger charge is 2.29. The Morgan fingerprint density at radius 3 is 2.16 bits per heavy atom. The molecular weight excluding hydrogens is 408 g/mol. The van der Waals surface area contributed by atoms with E-state index in [0.717, 1.165) is 11.1 Å². The summed E-state index contributed by atoms with van der Waals surface area (Å²) in [6, 6.07) is 14.3. The molecule has 168 valence electrons. The molecule has 0 saturated carbocycles. The molecule has 0 aliphatic carbocycles. The van der Waals surface area contributed by atoms with E-state index >= 15 is 0 Å². The van der Waals surface area contributed by atoms with Gasteiger partial charge in [-0.3, -0.25) is 14.4 Å². The van der Waals surface area contributed by atoms with Crippen molar-refractivity contribution in [3.63, 3.8) is 0 Å². The Kier molecular flexibility index (Phi) is 7.65. The Bertz CT molecular complexity index is 988. The molecule has 3 rings (SSSR count). The van der Waals surface area contributed by atoms with Gasteiger partial charge in [-0.05, 0) is 55.7 Å². The highest BCUT2D eigenvalue weighted by molar-refractivity contribution is 6.05. The van der Waals surface area contributed by atoms with Gasteiger partial charge in [-0.1, -0.05) is 29.8 Å². The van der Waals surface area contributed by atoms with Crippen LogP contribution in [0.3, 0.4) is 0 Å². The number of piperidine rings is 1. The van der Waals surface area contributed by atoms with Crippen LogP contribution in [0.1, 0.15) is 34.3 Å². The Morgan fingerprint density at radius 1 is 0.969 bits per heavy atom. The highest BCUT2D eigenvalue weighted by Crippen LogP contribution is 2.21. The van der Waals surface area contributed by atoms with Crippen molar-refractivity contribution in [3.8, 4) is 5.75 Å². The average Bonchev–Trinajstić information content (AvgIpc) is 2.83. The van der Waals surface area contributed by atoms with E-state index in [1.165, 1.54) is 7.11 Å². The lowest BCUT2D eigenvalue weighted by molar-refractivity contribution is -0.148. The second-order valence-corrected chi connectivity index (χ2v) is 7.74. The van der Waals surface area contributed by atoms with E-state index in [9.17, 15) is 14.4 Å². The molecule has 1 aliphatic rings. The monoisotopic (exact) mass is 436 g/mol. The largest absolute Gasteiger partial charge is 0.497 e. The van der Waals surface area contributed by atoms with Crippen LogP contribution in [0.15, 0.2) is 54.2 Å². The first kappa shape index (κ1) is 23.1. The van der Waals surface area contributed by atoms with Crippen molar-refractivity contribution in [2.75, 3.05) is 27.3 Å². The molecule has 0 atom stereocenters. The SMILES string of the molecule is COC(=O)C1CCN(C(=O)C(=Cc2ccc(OC)cc2)NC(=O)c2ccc(C)cc2)CC1. The zero-order valence-electron chi connectivity index (χ0n) is 18.6. The molecule has 1 heterocycles. The normalized spacial score (nSPS) is 14.6. The Morgan fingerprint density at radius 2 is 1.59 bits per heavy atom. The number of nitrogens with zero attached hydrogens (tertiary/aromatic N) is 1. The Labute approximate surface area is 188 Å². The summed E-state index contributed by atoms with van der Waals surface area (Å²) in [5.74, 6) is -0.408. The first-order valence-electron chi connectivity index (χ1n) is 10.5. The molecule has 1 saturated heterocycles. The minimum atomic E-state index is -0.359. The van der Waals surface area contributed by atoms with Crippen LogP contribution in [0.4, 0.5) is 0 Å². The van der Waals surface area contributed by atoms with Gasteiger partial charge in [-0.2, -0.15) is 0 Å². The number of hydrogen-bond donors (Lipinski definition) is 1. The first-order chi connectivity index (χ1) is 15.4. The van der Waals surface area contributed by atoms with Crippen LogP contribution in [0.5, 0.6) is 5.75 Å². The van der Waals surface area contributed by atoms with Crippen LogP contribution in [0.25, 0.3) is 6.08 Å². The van der Waals surface area contributed by atoms with E-state index in [1.807, 2.05) is 31.2 Å². The van der Waals surface area contributed by atoms with Crippen molar-refractivity contribution in [3.05, 3.63) is 70.9 Å². The average molecular weight is 437 g/mol. The quantitative estimate of drug-likeness (QED) is 0.555. The fraction of sp³-hybridized carbons (Fsp3) is 0.320. The van der Waals surface area contributed by atoms with Gasteiger partial charge in [0.1, 0.15) is 11.4 Å². The van der Waals surface area contributed by atoms with E-state index in [2.05, 4.69) is 5.32 Å². The number of benzene rings is 2. The Balaban J connectivity index is 1.81. The van der Waals surface area contributed by atoms with Gasteiger partial charge in [0, 0.05) is 18.7 Å². The fourth-order valence-corrected chi connectivity index (χ4v) is 3.57. The molecule has 7 heteroatoms. The van der Waals surface area contributed by atoms with Crippen molar-refractivity contribution < 1.29 is 23.9 Å². The number of esters is 1. The number of ether oxygens (including phenoxy) is 2. The maximum Gasteiger partial charge on any atom is 0.308 e. The van der Waals surface area contributed by atoms with E-state index in [1.54, 1.807) is 42.4 Å². The molecule has 0 radical (unpaired) electrons. The maximum atomic E-state index is 13.3. The Hall–Kier alpha value is -3.61. The summed E-state index contributed by atoms with van der Waals surface area (Å²) in [7, 11) is 2.95. The van der Waals surface area contributed by atoms with Gasteiger partial charge >= 0.3 is 5.97 Å². The molecule has 1 N–H and O–H groups in total. The number of amides is 2. The van der Waals surface area contributed by atoms with Gasteiger partial charge < -0.3 is 19.7 Å². The molecule has 0 unspecified atom stereocenters. The summed E-state index contributed by atoms with van der Waals surface area (Å²) in [4.78, 5) is 39.6. The summed E-state index contributed by atoms with van der Waals surface area (Å²) in [5, 5.41) is 2.78. The molecule has 7 nitrogen and oxygen atoms in total. The predicted octanol–water partition coefficient (Wildman–Crippen LogP) is 3.19. The third-order valence-corrected chi connectivity index (χ3v) is 5.54. The lowest BCUT2D eigenvalue weighted by Gasteiger charge is -2.31. The molecule has 0 aromatic heterocycles.